The maximum Gasteiger partial charge on any atom is 0.514 e. The van der Waals surface area contributed by atoms with Crippen LogP contribution in [-0.4, -0.2) is 38.4 Å². The predicted molar refractivity (Wildman–Crippen MR) is 126 cm³/mol. The van der Waals surface area contributed by atoms with Gasteiger partial charge < -0.3 is 24.8 Å². The molecule has 2 N–H and O–H groups in total. The van der Waals surface area contributed by atoms with E-state index in [-0.39, 0.29) is 12.5 Å². The second kappa shape index (κ2) is 10.7. The Hall–Kier alpha value is -2.84. The number of aryl methyl sites for hydroxylation is 2. The van der Waals surface area contributed by atoms with Crippen molar-refractivity contribution in [1.82, 2.24) is 0 Å². The van der Waals surface area contributed by atoms with Gasteiger partial charge in [0.1, 0.15) is 18.1 Å². The number of amides is 1. The molecule has 0 bridgehead atoms. The third-order valence-electron chi connectivity index (χ3n) is 5.32. The number of nitrogens with two attached hydrogens (primary N) is 1. The van der Waals surface area contributed by atoms with Crippen LogP contribution in [0.3, 0.4) is 0 Å². The van der Waals surface area contributed by atoms with E-state index in [1.165, 1.54) is 6.08 Å². The molecule has 1 atom stereocenters. The second-order valence-corrected chi connectivity index (χ2v) is 8.41. The summed E-state index contributed by atoms with van der Waals surface area (Å²) in [6.45, 7) is 6.06. The van der Waals surface area contributed by atoms with E-state index in [9.17, 15) is 9.59 Å². The van der Waals surface area contributed by atoms with Gasteiger partial charge in [0.15, 0.2) is 0 Å². The molecule has 3 rings (SSSR count). The Balaban J connectivity index is 1.73. The minimum atomic E-state index is -0.809. The minimum absolute atomic E-state index is 0.0699. The zero-order valence-corrected chi connectivity index (χ0v) is 19.8. The number of anilines is 1. The fourth-order valence-corrected chi connectivity index (χ4v) is 4.45. The van der Waals surface area contributed by atoms with E-state index >= 15 is 0 Å². The molecule has 0 saturated heterocycles. The molecule has 2 aromatic rings. The van der Waals surface area contributed by atoms with Crippen molar-refractivity contribution in [3.8, 4) is 11.5 Å². The summed E-state index contributed by atoms with van der Waals surface area (Å²) >= 11 is 3.51. The molecular formula is C24H27BrN2O5. The van der Waals surface area contributed by atoms with Gasteiger partial charge in [-0.3, -0.25) is 4.79 Å². The van der Waals surface area contributed by atoms with Crippen molar-refractivity contribution >= 4 is 33.7 Å². The molecule has 0 spiro atoms. The van der Waals surface area contributed by atoms with E-state index in [4.69, 9.17) is 19.9 Å². The molecule has 170 valence electrons. The molecule has 7 nitrogen and oxygen atoms in total. The lowest BCUT2D eigenvalue weighted by Gasteiger charge is -2.32. The van der Waals surface area contributed by atoms with Crippen LogP contribution in [0.4, 0.5) is 10.5 Å². The first-order valence-corrected chi connectivity index (χ1v) is 11.1. The van der Waals surface area contributed by atoms with Gasteiger partial charge in [-0.05, 0) is 73.2 Å². The van der Waals surface area contributed by atoms with Gasteiger partial charge >= 0.3 is 6.16 Å². The van der Waals surface area contributed by atoms with E-state index < -0.39 is 12.2 Å². The Kier molecular flexibility index (Phi) is 7.93. The van der Waals surface area contributed by atoms with E-state index in [2.05, 4.69) is 22.5 Å². The number of hydrogen-bond donors (Lipinski definition) is 1. The Morgan fingerprint density at radius 1 is 1.28 bits per heavy atom. The summed E-state index contributed by atoms with van der Waals surface area (Å²) in [5, 5.41) is 0. The van der Waals surface area contributed by atoms with Gasteiger partial charge in [-0.2, -0.15) is 0 Å². The number of rotatable bonds is 7. The maximum absolute atomic E-state index is 13.2. The van der Waals surface area contributed by atoms with Crippen LogP contribution in [-0.2, 0) is 22.4 Å². The zero-order chi connectivity index (χ0) is 23.3. The van der Waals surface area contributed by atoms with Crippen molar-refractivity contribution in [2.45, 2.75) is 32.2 Å². The first-order chi connectivity index (χ1) is 15.3. The van der Waals surface area contributed by atoms with Gasteiger partial charge in [-0.25, -0.2) is 4.79 Å². The van der Waals surface area contributed by atoms with Crippen LogP contribution >= 0.6 is 15.9 Å². The minimum Gasteiger partial charge on any atom is -0.497 e. The third-order valence-corrected chi connectivity index (χ3v) is 6.03. The molecule has 2 aromatic carbocycles. The molecule has 8 heteroatoms. The third kappa shape index (κ3) is 5.49. The quantitative estimate of drug-likeness (QED) is 0.344. The number of carbonyl (C=O) groups is 2. The summed E-state index contributed by atoms with van der Waals surface area (Å²) in [7, 11) is 1.63. The molecule has 0 fully saturated rings. The number of carbonyl (C=O) groups excluding carboxylic acids is 2. The first kappa shape index (κ1) is 23.8. The lowest BCUT2D eigenvalue weighted by Crippen LogP contribution is -2.47. The SMILES string of the molecule is C=CCOC(=O)Oc1cc(C)c(CC(N)C(=O)N2CCCc3cc(OC)ccc32)c(Br)c1. The van der Waals surface area contributed by atoms with Crippen LogP contribution in [0.15, 0.2) is 47.5 Å². The molecule has 1 amide bonds. The highest BCUT2D eigenvalue weighted by atomic mass is 79.9. The second-order valence-electron chi connectivity index (χ2n) is 7.55. The van der Waals surface area contributed by atoms with Gasteiger partial charge in [0, 0.05) is 16.7 Å². The summed E-state index contributed by atoms with van der Waals surface area (Å²) in [6, 6.07) is 8.40. The van der Waals surface area contributed by atoms with E-state index in [0.29, 0.717) is 23.2 Å². The summed E-state index contributed by atoms with van der Waals surface area (Å²) in [5.74, 6) is 0.985. The Bertz CT molecular complexity index is 1000. The zero-order valence-electron chi connectivity index (χ0n) is 18.2. The molecule has 1 unspecified atom stereocenters. The molecular weight excluding hydrogens is 476 g/mol. The topological polar surface area (TPSA) is 91.1 Å². The van der Waals surface area contributed by atoms with Crippen molar-refractivity contribution in [2.75, 3.05) is 25.2 Å². The predicted octanol–water partition coefficient (Wildman–Crippen LogP) is 4.32. The molecule has 32 heavy (non-hydrogen) atoms. The van der Waals surface area contributed by atoms with Crippen LogP contribution in [0.1, 0.15) is 23.1 Å². The number of halogens is 1. The Morgan fingerprint density at radius 2 is 2.06 bits per heavy atom. The van der Waals surface area contributed by atoms with Crippen LogP contribution in [0.25, 0.3) is 0 Å². The summed E-state index contributed by atoms with van der Waals surface area (Å²) in [6.07, 6.45) is 2.76. The van der Waals surface area contributed by atoms with Crippen LogP contribution in [0.2, 0.25) is 0 Å². The number of fused-ring (bicyclic) bond motifs is 1. The highest BCUT2D eigenvalue weighted by molar-refractivity contribution is 9.10. The van der Waals surface area contributed by atoms with Crippen molar-refractivity contribution in [2.24, 2.45) is 5.73 Å². The van der Waals surface area contributed by atoms with Crippen molar-refractivity contribution < 1.29 is 23.8 Å². The van der Waals surface area contributed by atoms with E-state index in [1.54, 1.807) is 24.1 Å². The lowest BCUT2D eigenvalue weighted by molar-refractivity contribution is -0.119. The number of ether oxygens (including phenoxy) is 3. The largest absolute Gasteiger partial charge is 0.514 e. The van der Waals surface area contributed by atoms with Crippen molar-refractivity contribution in [3.05, 3.63) is 64.1 Å². The lowest BCUT2D eigenvalue weighted by atomic mass is 9.97. The Morgan fingerprint density at radius 3 is 2.75 bits per heavy atom. The average Bonchev–Trinajstić information content (AvgIpc) is 2.78. The number of benzene rings is 2. The smallest absolute Gasteiger partial charge is 0.497 e. The fraction of sp³-hybridized carbons (Fsp3) is 0.333. The number of methoxy groups -OCH3 is 1. The molecule has 0 radical (unpaired) electrons. The van der Waals surface area contributed by atoms with Crippen molar-refractivity contribution in [1.29, 1.82) is 0 Å². The normalized spacial score (nSPS) is 13.7. The van der Waals surface area contributed by atoms with Crippen LogP contribution in [0, 0.1) is 6.92 Å². The van der Waals surface area contributed by atoms with Gasteiger partial charge in [-0.1, -0.05) is 28.6 Å². The van der Waals surface area contributed by atoms with Gasteiger partial charge in [0.2, 0.25) is 5.91 Å². The monoisotopic (exact) mass is 502 g/mol. The summed E-state index contributed by atoms with van der Waals surface area (Å²) in [5.41, 5.74) is 10.0. The molecule has 0 saturated carbocycles. The molecule has 1 aliphatic heterocycles. The molecule has 1 aliphatic rings. The fourth-order valence-electron chi connectivity index (χ4n) is 3.75. The Labute approximate surface area is 196 Å². The van der Waals surface area contributed by atoms with Gasteiger partial charge in [0.25, 0.3) is 0 Å². The highest BCUT2D eigenvalue weighted by Crippen LogP contribution is 2.32. The summed E-state index contributed by atoms with van der Waals surface area (Å²) in [4.78, 5) is 26.7. The van der Waals surface area contributed by atoms with Gasteiger partial charge in [-0.15, -0.1) is 0 Å². The standard InChI is InChI=1S/C24H27BrN2O5/c1-4-10-31-24(29)32-18-11-15(2)19(20(25)13-18)14-21(26)23(28)27-9-5-6-16-12-17(30-3)7-8-22(16)27/h4,7-8,11-13,21H,1,5-6,9-10,14,26H2,2-3H3. The average molecular weight is 503 g/mol. The van der Waals surface area contributed by atoms with Crippen molar-refractivity contribution in [3.63, 3.8) is 0 Å². The highest BCUT2D eigenvalue weighted by Gasteiger charge is 2.28. The van der Waals surface area contributed by atoms with E-state index in [0.717, 1.165) is 41.0 Å². The maximum atomic E-state index is 13.2. The van der Waals surface area contributed by atoms with Gasteiger partial charge in [0.05, 0.1) is 13.2 Å². The molecule has 0 aliphatic carbocycles. The number of hydrogen-bond acceptors (Lipinski definition) is 6. The number of nitrogens with zero attached hydrogens (tertiary/aromatic N) is 1. The van der Waals surface area contributed by atoms with Crippen LogP contribution in [0.5, 0.6) is 11.5 Å². The first-order valence-electron chi connectivity index (χ1n) is 10.3. The van der Waals surface area contributed by atoms with E-state index in [1.807, 2.05) is 25.1 Å². The molecule has 1 heterocycles. The van der Waals surface area contributed by atoms with Crippen LogP contribution < -0.4 is 20.1 Å². The summed E-state index contributed by atoms with van der Waals surface area (Å²) < 4.78 is 16.0. The molecule has 0 aromatic heterocycles.